The highest BCUT2D eigenvalue weighted by atomic mass is 16.2. The molecule has 2 atom stereocenters. The summed E-state index contributed by atoms with van der Waals surface area (Å²) in [6.45, 7) is 4.31. The van der Waals surface area contributed by atoms with Crippen LogP contribution in [0.25, 0.3) is 11.3 Å². The number of carbonyl (C=O) groups excluding carboxylic acids is 2. The normalized spacial score (nSPS) is 17.2. The number of amides is 1. The van der Waals surface area contributed by atoms with Gasteiger partial charge in [-0.1, -0.05) is 42.5 Å². The molecule has 1 fully saturated rings. The Morgan fingerprint density at radius 2 is 1.82 bits per heavy atom. The van der Waals surface area contributed by atoms with Gasteiger partial charge in [0.25, 0.3) is 0 Å². The van der Waals surface area contributed by atoms with E-state index in [1.807, 2.05) is 77.7 Å². The van der Waals surface area contributed by atoms with Gasteiger partial charge in [0.05, 0.1) is 5.69 Å². The minimum Gasteiger partial charge on any atom is -0.340 e. The monoisotopic (exact) mass is 505 g/mol. The van der Waals surface area contributed by atoms with E-state index in [4.69, 9.17) is 9.97 Å². The first-order valence-electron chi connectivity index (χ1n) is 13.0. The minimum absolute atomic E-state index is 0.0436. The summed E-state index contributed by atoms with van der Waals surface area (Å²) >= 11 is 0. The van der Waals surface area contributed by atoms with Crippen molar-refractivity contribution in [2.24, 2.45) is 0 Å². The molecule has 1 aliphatic heterocycles. The molecule has 1 aliphatic rings. The molecule has 7 nitrogen and oxygen atoms in total. The molecule has 1 amide bonds. The van der Waals surface area contributed by atoms with Gasteiger partial charge in [-0.15, -0.1) is 0 Å². The molecule has 38 heavy (non-hydrogen) atoms. The van der Waals surface area contributed by atoms with Gasteiger partial charge in [0.1, 0.15) is 11.6 Å². The first kappa shape index (κ1) is 25.3. The van der Waals surface area contributed by atoms with Crippen LogP contribution in [0.15, 0.2) is 85.2 Å². The number of likely N-dealkylation sites (tertiary alicyclic amines) is 1. The van der Waals surface area contributed by atoms with E-state index in [0.717, 1.165) is 35.3 Å². The molecule has 0 unspecified atom stereocenters. The van der Waals surface area contributed by atoms with Crippen LogP contribution in [0, 0.1) is 0 Å². The number of piperidine rings is 1. The fourth-order valence-corrected chi connectivity index (χ4v) is 4.95. The van der Waals surface area contributed by atoms with Crippen molar-refractivity contribution in [2.45, 2.75) is 45.1 Å². The second-order valence-electron chi connectivity index (χ2n) is 9.82. The van der Waals surface area contributed by atoms with Crippen LogP contribution in [0.3, 0.4) is 0 Å². The zero-order valence-corrected chi connectivity index (χ0v) is 21.7. The number of hydrogen-bond donors (Lipinski definition) is 1. The molecule has 4 aromatic rings. The number of aromatic nitrogens is 3. The van der Waals surface area contributed by atoms with Crippen molar-refractivity contribution in [3.63, 3.8) is 0 Å². The topological polar surface area (TPSA) is 88.1 Å². The van der Waals surface area contributed by atoms with Gasteiger partial charge in [-0.2, -0.15) is 0 Å². The molecule has 0 aliphatic carbocycles. The smallest absolute Gasteiger partial charge is 0.219 e. The molecular weight excluding hydrogens is 474 g/mol. The Morgan fingerprint density at radius 3 is 2.58 bits per heavy atom. The van der Waals surface area contributed by atoms with E-state index in [-0.39, 0.29) is 23.7 Å². The number of anilines is 2. The van der Waals surface area contributed by atoms with Crippen molar-refractivity contribution in [1.82, 2.24) is 19.9 Å². The van der Waals surface area contributed by atoms with Crippen LogP contribution >= 0.6 is 0 Å². The van der Waals surface area contributed by atoms with E-state index < -0.39 is 0 Å². The third-order valence-corrected chi connectivity index (χ3v) is 7.01. The molecule has 0 saturated carbocycles. The number of benzene rings is 2. The second-order valence-corrected chi connectivity index (χ2v) is 9.82. The largest absolute Gasteiger partial charge is 0.340 e. The van der Waals surface area contributed by atoms with Crippen LogP contribution in [0.2, 0.25) is 0 Å². The standard InChI is InChI=1S/C31H31N5O2/c1-21-13-14-26(20-36(21)22(2)37)31-34-28(25-11-7-15-32-19-25)18-30(35-31)33-27-12-6-8-23(16-27)17-29(38)24-9-4-3-5-10-24/h3-12,15-16,18-19,21,26H,13-14,17,20H2,1-2H3,(H,33,34,35)/t21-,26+/m0/s1. The zero-order valence-electron chi connectivity index (χ0n) is 21.7. The molecule has 0 radical (unpaired) electrons. The number of carbonyl (C=O) groups is 2. The summed E-state index contributed by atoms with van der Waals surface area (Å²) in [4.78, 5) is 40.9. The molecule has 1 saturated heterocycles. The maximum Gasteiger partial charge on any atom is 0.219 e. The first-order valence-corrected chi connectivity index (χ1v) is 13.0. The molecule has 1 N–H and O–H groups in total. The number of nitrogens with one attached hydrogen (secondary N) is 1. The lowest BCUT2D eigenvalue weighted by Gasteiger charge is -2.37. The van der Waals surface area contributed by atoms with Crippen molar-refractivity contribution in [3.05, 3.63) is 102 Å². The minimum atomic E-state index is 0.0436. The lowest BCUT2D eigenvalue weighted by molar-refractivity contribution is -0.132. The van der Waals surface area contributed by atoms with E-state index in [9.17, 15) is 9.59 Å². The van der Waals surface area contributed by atoms with Gasteiger partial charge in [0.15, 0.2) is 5.78 Å². The molecule has 2 aromatic heterocycles. The number of Topliss-reactive ketones (excluding diaryl/α,β-unsaturated/α-hetero) is 1. The third kappa shape index (κ3) is 5.94. The highest BCUT2D eigenvalue weighted by Gasteiger charge is 2.30. The van der Waals surface area contributed by atoms with Gasteiger partial charge in [0.2, 0.25) is 5.91 Å². The van der Waals surface area contributed by atoms with Crippen LogP contribution in [0.5, 0.6) is 0 Å². The predicted octanol–water partition coefficient (Wildman–Crippen LogP) is 5.82. The molecule has 7 heteroatoms. The lowest BCUT2D eigenvalue weighted by atomic mass is 9.92. The van der Waals surface area contributed by atoms with Crippen molar-refractivity contribution in [3.8, 4) is 11.3 Å². The van der Waals surface area contributed by atoms with Crippen molar-refractivity contribution in [2.75, 3.05) is 11.9 Å². The molecule has 2 aromatic carbocycles. The SMILES string of the molecule is CC(=O)N1C[C@H](c2nc(Nc3cccc(CC(=O)c4ccccc4)c3)cc(-c3cccnc3)n2)CC[C@@H]1C. The highest BCUT2D eigenvalue weighted by Crippen LogP contribution is 2.31. The second kappa shape index (κ2) is 11.3. The summed E-state index contributed by atoms with van der Waals surface area (Å²) in [6.07, 6.45) is 5.66. The van der Waals surface area contributed by atoms with Crippen LogP contribution in [0.4, 0.5) is 11.5 Å². The molecule has 3 heterocycles. The van der Waals surface area contributed by atoms with Gasteiger partial charge in [-0.05, 0) is 49.6 Å². The number of nitrogens with zero attached hydrogens (tertiary/aromatic N) is 4. The first-order chi connectivity index (χ1) is 18.5. The van der Waals surface area contributed by atoms with E-state index in [2.05, 4.69) is 17.2 Å². The van der Waals surface area contributed by atoms with E-state index in [0.29, 0.717) is 30.2 Å². The Kier molecular flexibility index (Phi) is 7.54. The molecular formula is C31H31N5O2. The summed E-state index contributed by atoms with van der Waals surface area (Å²) in [6, 6.07) is 23.2. The summed E-state index contributed by atoms with van der Waals surface area (Å²) in [5, 5.41) is 3.43. The van der Waals surface area contributed by atoms with E-state index in [1.165, 1.54) is 0 Å². The van der Waals surface area contributed by atoms with E-state index in [1.54, 1.807) is 19.3 Å². The number of hydrogen-bond acceptors (Lipinski definition) is 6. The Labute approximate surface area is 223 Å². The van der Waals surface area contributed by atoms with Gasteiger partial charge in [-0.25, -0.2) is 9.97 Å². The van der Waals surface area contributed by atoms with E-state index >= 15 is 0 Å². The number of pyridine rings is 1. The summed E-state index contributed by atoms with van der Waals surface area (Å²) in [5.74, 6) is 1.57. The van der Waals surface area contributed by atoms with Crippen LogP contribution in [-0.2, 0) is 11.2 Å². The van der Waals surface area contributed by atoms with Gasteiger partial charge in [0, 0.05) is 67.1 Å². The summed E-state index contributed by atoms with van der Waals surface area (Å²) < 4.78 is 0. The fourth-order valence-electron chi connectivity index (χ4n) is 4.95. The van der Waals surface area contributed by atoms with Gasteiger partial charge >= 0.3 is 0 Å². The van der Waals surface area contributed by atoms with Crippen LogP contribution in [0.1, 0.15) is 54.4 Å². The molecule has 192 valence electrons. The molecule has 0 spiro atoms. The Balaban J connectivity index is 1.43. The highest BCUT2D eigenvalue weighted by molar-refractivity contribution is 5.97. The van der Waals surface area contributed by atoms with Gasteiger partial charge in [-0.3, -0.25) is 14.6 Å². The summed E-state index contributed by atoms with van der Waals surface area (Å²) in [7, 11) is 0. The summed E-state index contributed by atoms with van der Waals surface area (Å²) in [5.41, 5.74) is 4.13. The average molecular weight is 506 g/mol. The maximum atomic E-state index is 12.7. The lowest BCUT2D eigenvalue weighted by Crippen LogP contribution is -2.44. The fraction of sp³-hybridized carbons (Fsp3) is 0.258. The zero-order chi connectivity index (χ0) is 26.5. The maximum absolute atomic E-state index is 12.7. The van der Waals surface area contributed by atoms with Crippen molar-refractivity contribution < 1.29 is 9.59 Å². The van der Waals surface area contributed by atoms with Gasteiger partial charge < -0.3 is 10.2 Å². The number of rotatable bonds is 7. The van der Waals surface area contributed by atoms with Crippen LogP contribution < -0.4 is 5.32 Å². The predicted molar refractivity (Wildman–Crippen MR) is 148 cm³/mol. The quantitative estimate of drug-likeness (QED) is 0.318. The third-order valence-electron chi connectivity index (χ3n) is 7.01. The Bertz CT molecular complexity index is 1420. The Hall–Kier alpha value is -4.39. The number of ketones is 1. The Morgan fingerprint density at radius 1 is 0.974 bits per heavy atom. The van der Waals surface area contributed by atoms with Crippen molar-refractivity contribution >= 4 is 23.2 Å². The molecule has 5 rings (SSSR count). The van der Waals surface area contributed by atoms with Crippen LogP contribution in [-0.4, -0.2) is 44.1 Å². The molecule has 0 bridgehead atoms. The van der Waals surface area contributed by atoms with Crippen molar-refractivity contribution in [1.29, 1.82) is 0 Å². The average Bonchev–Trinajstić information content (AvgIpc) is 2.94.